The van der Waals surface area contributed by atoms with E-state index >= 15 is 4.39 Å². The minimum Gasteiger partial charge on any atom is -0.336 e. The first kappa shape index (κ1) is 34.6. The molecule has 2 atom stereocenters. The van der Waals surface area contributed by atoms with E-state index in [2.05, 4.69) is 0 Å². The maximum Gasteiger partial charge on any atom is 0.417 e. The zero-order valence-electron chi connectivity index (χ0n) is 20.9. The van der Waals surface area contributed by atoms with Gasteiger partial charge in [0.05, 0.1) is 38.3 Å². The number of carbonyl (C=O) groups is 2. The second kappa shape index (κ2) is 13.1. The lowest BCUT2D eigenvalue weighted by molar-refractivity contribution is -0.154. The van der Waals surface area contributed by atoms with E-state index in [0.29, 0.717) is 18.2 Å². The summed E-state index contributed by atoms with van der Waals surface area (Å²) >= 11 is 17.7. The average molecular weight is 658 g/mol. The number of carbonyl (C=O) groups excluding carboxylic acids is 2. The maximum atomic E-state index is 15.2. The Morgan fingerprint density at radius 2 is 1.49 bits per heavy atom. The Balaban J connectivity index is 2.47. The largest absolute Gasteiger partial charge is 0.417 e. The van der Waals surface area contributed by atoms with Crippen LogP contribution in [-0.2, 0) is 11.0 Å². The summed E-state index contributed by atoms with van der Waals surface area (Å²) < 4.78 is 123. The summed E-state index contributed by atoms with van der Waals surface area (Å²) in [7, 11) is 0. The topological polar surface area (TPSA) is 58.2 Å². The van der Waals surface area contributed by atoms with Gasteiger partial charge in [0, 0.05) is 12.0 Å². The molecule has 2 amide bonds. The fraction of sp³-hybridized carbons (Fsp3) is 0.360. The van der Waals surface area contributed by atoms with Crippen molar-refractivity contribution in [2.24, 2.45) is 0 Å². The number of benzene rings is 2. The van der Waals surface area contributed by atoms with E-state index in [1.165, 1.54) is 0 Å². The highest BCUT2D eigenvalue weighted by molar-refractivity contribution is 6.48. The lowest BCUT2D eigenvalue weighted by atomic mass is 9.89. The third-order valence-electron chi connectivity index (χ3n) is 5.54. The van der Waals surface area contributed by atoms with Crippen LogP contribution in [0, 0.1) is 0 Å². The zero-order chi connectivity index (χ0) is 31.5. The van der Waals surface area contributed by atoms with Gasteiger partial charge in [-0.25, -0.2) is 13.2 Å². The molecule has 0 radical (unpaired) electrons. The summed E-state index contributed by atoms with van der Waals surface area (Å²) in [5.41, 5.74) is -3.85. The first-order chi connectivity index (χ1) is 18.7. The van der Waals surface area contributed by atoms with Gasteiger partial charge in [-0.1, -0.05) is 47.8 Å². The second-order valence-electron chi connectivity index (χ2n) is 8.72. The monoisotopic (exact) mass is 656 g/mol. The number of hydrogen-bond donors (Lipinski definition) is 2. The van der Waals surface area contributed by atoms with Gasteiger partial charge < -0.3 is 10.6 Å². The third-order valence-corrected chi connectivity index (χ3v) is 6.73. The van der Waals surface area contributed by atoms with Crippen LogP contribution in [-0.4, -0.2) is 30.1 Å². The molecule has 0 aliphatic carbocycles. The summed E-state index contributed by atoms with van der Waals surface area (Å²) in [5.74, 6) is -10.2. The van der Waals surface area contributed by atoms with Crippen LogP contribution >= 0.6 is 34.8 Å². The molecule has 2 N–H and O–H groups in total. The minimum atomic E-state index is -5.25. The molecule has 0 saturated heterocycles. The molecule has 0 aromatic heterocycles. The van der Waals surface area contributed by atoms with E-state index in [1.807, 2.05) is 5.32 Å². The summed E-state index contributed by atoms with van der Waals surface area (Å²) in [6.45, 7) is 2.10. The van der Waals surface area contributed by atoms with Crippen LogP contribution in [0.5, 0.6) is 0 Å². The molecule has 2 aromatic carbocycles. The highest BCUT2D eigenvalue weighted by Gasteiger charge is 2.40. The number of amides is 2. The molecule has 0 aliphatic heterocycles. The van der Waals surface area contributed by atoms with Crippen LogP contribution in [0.1, 0.15) is 59.7 Å². The predicted molar refractivity (Wildman–Crippen MR) is 136 cm³/mol. The van der Waals surface area contributed by atoms with Crippen molar-refractivity contribution in [2.45, 2.75) is 57.0 Å². The molecule has 0 bridgehead atoms. The summed E-state index contributed by atoms with van der Waals surface area (Å²) in [6.07, 6.45) is -14.0. The number of nitrogens with one attached hydrogen (secondary N) is 2. The summed E-state index contributed by atoms with van der Waals surface area (Å²) in [5, 5.41) is 3.04. The van der Waals surface area contributed by atoms with Crippen molar-refractivity contribution in [3.8, 4) is 0 Å². The zero-order valence-corrected chi connectivity index (χ0v) is 23.2. The standard InChI is InChI=1S/C25H20Cl3F9N2O2/c1-3-23(30,31)15(13-7-17(26)21(28)18(27)8-13)9-19(29)12-4-5-14(16(6-12)25(35,36)37)22(41)39-11(2)38-20(40)10-24(32,33)34/h4-9,11,15H,3,10H2,1-2H3,(H,38,40)(H,39,41)/b19-9-/t11-,15?/m1/s1. The highest BCUT2D eigenvalue weighted by Crippen LogP contribution is 2.43. The van der Waals surface area contributed by atoms with Crippen LogP contribution in [0.2, 0.25) is 15.1 Å². The van der Waals surface area contributed by atoms with Crippen LogP contribution < -0.4 is 10.6 Å². The molecule has 1 unspecified atom stereocenters. The Bertz CT molecular complexity index is 1310. The van der Waals surface area contributed by atoms with Crippen LogP contribution in [0.4, 0.5) is 39.5 Å². The van der Waals surface area contributed by atoms with Gasteiger partial charge in [-0.2, -0.15) is 26.3 Å². The van der Waals surface area contributed by atoms with E-state index in [0.717, 1.165) is 26.0 Å². The lowest BCUT2D eigenvalue weighted by Crippen LogP contribution is -2.47. The van der Waals surface area contributed by atoms with Crippen molar-refractivity contribution in [3.05, 3.63) is 73.7 Å². The molecular weight excluding hydrogens is 638 g/mol. The van der Waals surface area contributed by atoms with Gasteiger partial charge in [0.25, 0.3) is 11.8 Å². The lowest BCUT2D eigenvalue weighted by Gasteiger charge is -2.25. The van der Waals surface area contributed by atoms with Gasteiger partial charge in [0.1, 0.15) is 12.2 Å². The fourth-order valence-corrected chi connectivity index (χ4v) is 4.20. The SMILES string of the molecule is CCC(F)(F)C(/C=C(\F)c1ccc(C(=O)N[C@H](C)NC(=O)CC(F)(F)F)c(C(F)(F)F)c1)c1cc(Cl)c(Cl)c(Cl)c1. The van der Waals surface area contributed by atoms with Gasteiger partial charge in [-0.3, -0.25) is 9.59 Å². The molecule has 0 spiro atoms. The molecule has 41 heavy (non-hydrogen) atoms. The molecule has 0 saturated carbocycles. The van der Waals surface area contributed by atoms with Gasteiger partial charge in [-0.05, 0) is 42.8 Å². The van der Waals surface area contributed by atoms with Gasteiger partial charge >= 0.3 is 12.4 Å². The van der Waals surface area contributed by atoms with Crippen LogP contribution in [0.25, 0.3) is 5.83 Å². The molecule has 0 heterocycles. The van der Waals surface area contributed by atoms with Crippen molar-refractivity contribution in [1.29, 1.82) is 0 Å². The van der Waals surface area contributed by atoms with Gasteiger partial charge in [0.2, 0.25) is 5.91 Å². The normalized spacial score (nSPS) is 14.4. The Morgan fingerprint density at radius 3 is 1.98 bits per heavy atom. The summed E-state index contributed by atoms with van der Waals surface area (Å²) in [4.78, 5) is 23.9. The number of alkyl halides is 8. The van der Waals surface area contributed by atoms with Crippen molar-refractivity contribution < 1.29 is 49.1 Å². The Labute approximate surface area is 242 Å². The third kappa shape index (κ3) is 9.44. The number of hydrogen-bond acceptors (Lipinski definition) is 2. The Hall–Kier alpha value is -2.64. The molecule has 2 aromatic rings. The van der Waals surface area contributed by atoms with Crippen LogP contribution in [0.3, 0.4) is 0 Å². The maximum absolute atomic E-state index is 15.2. The van der Waals surface area contributed by atoms with Crippen molar-refractivity contribution in [3.63, 3.8) is 0 Å². The molecule has 0 fully saturated rings. The molecule has 16 heteroatoms. The first-order valence-electron chi connectivity index (χ1n) is 11.4. The van der Waals surface area contributed by atoms with Crippen molar-refractivity contribution in [1.82, 2.24) is 10.6 Å². The smallest absolute Gasteiger partial charge is 0.336 e. The van der Waals surface area contributed by atoms with Gasteiger partial charge in [0.15, 0.2) is 0 Å². The number of allylic oxidation sites excluding steroid dienone is 1. The molecular formula is C25H20Cl3F9N2O2. The number of halogens is 12. The van der Waals surface area contributed by atoms with E-state index in [9.17, 15) is 44.7 Å². The first-order valence-corrected chi connectivity index (χ1v) is 12.6. The quantitative estimate of drug-likeness (QED) is 0.161. The Morgan fingerprint density at radius 1 is 0.927 bits per heavy atom. The molecule has 226 valence electrons. The van der Waals surface area contributed by atoms with E-state index in [1.54, 1.807) is 5.32 Å². The van der Waals surface area contributed by atoms with E-state index in [-0.39, 0.29) is 26.7 Å². The van der Waals surface area contributed by atoms with Gasteiger partial charge in [-0.15, -0.1) is 0 Å². The second-order valence-corrected chi connectivity index (χ2v) is 9.91. The Kier molecular flexibility index (Phi) is 11.1. The highest BCUT2D eigenvalue weighted by atomic mass is 35.5. The minimum absolute atomic E-state index is 0.155. The van der Waals surface area contributed by atoms with Crippen molar-refractivity contribution in [2.75, 3.05) is 0 Å². The predicted octanol–water partition coefficient (Wildman–Crippen LogP) is 8.95. The molecule has 0 aliphatic rings. The fourth-order valence-electron chi connectivity index (χ4n) is 3.59. The average Bonchev–Trinajstić information content (AvgIpc) is 2.82. The van der Waals surface area contributed by atoms with Crippen molar-refractivity contribution >= 4 is 52.4 Å². The van der Waals surface area contributed by atoms with E-state index in [4.69, 9.17) is 34.8 Å². The molecule has 4 nitrogen and oxygen atoms in total. The van der Waals surface area contributed by atoms with Crippen LogP contribution in [0.15, 0.2) is 36.4 Å². The number of rotatable bonds is 9. The summed E-state index contributed by atoms with van der Waals surface area (Å²) in [6, 6.07) is 3.49. The van der Waals surface area contributed by atoms with E-state index < -0.39 is 77.5 Å². The molecule has 2 rings (SSSR count).